The highest BCUT2D eigenvalue weighted by Crippen LogP contribution is 2.21. The van der Waals surface area contributed by atoms with Gasteiger partial charge in [-0.05, 0) is 12.1 Å². The van der Waals surface area contributed by atoms with Gasteiger partial charge in [-0.1, -0.05) is 0 Å². The number of aromatic nitrogens is 3. The van der Waals surface area contributed by atoms with E-state index in [1.54, 1.807) is 10.9 Å². The van der Waals surface area contributed by atoms with Crippen LogP contribution in [0.25, 0.3) is 0 Å². The molecule has 1 aliphatic heterocycles. The summed E-state index contributed by atoms with van der Waals surface area (Å²) in [5.41, 5.74) is 0. The number of rotatable bonds is 3. The van der Waals surface area contributed by atoms with E-state index in [0.717, 1.165) is 0 Å². The predicted molar refractivity (Wildman–Crippen MR) is 61.7 cm³/mol. The van der Waals surface area contributed by atoms with Gasteiger partial charge in [-0.25, -0.2) is 8.42 Å². The Labute approximate surface area is 108 Å². The van der Waals surface area contributed by atoms with E-state index in [0.29, 0.717) is 25.2 Å². The molecule has 19 heavy (non-hydrogen) atoms. The van der Waals surface area contributed by atoms with Gasteiger partial charge in [0.15, 0.2) is 12.0 Å². The third-order valence-electron chi connectivity index (χ3n) is 2.92. The van der Waals surface area contributed by atoms with Gasteiger partial charge in [0.2, 0.25) is 5.09 Å². The first-order chi connectivity index (χ1) is 9.11. The Morgan fingerprint density at radius 3 is 2.89 bits per heavy atom. The van der Waals surface area contributed by atoms with Crippen molar-refractivity contribution in [1.29, 1.82) is 0 Å². The van der Waals surface area contributed by atoms with E-state index in [1.807, 2.05) is 0 Å². The molecule has 0 unspecified atom stereocenters. The van der Waals surface area contributed by atoms with Crippen LogP contribution < -0.4 is 0 Å². The van der Waals surface area contributed by atoms with Gasteiger partial charge in [-0.3, -0.25) is 4.79 Å². The van der Waals surface area contributed by atoms with Crippen molar-refractivity contribution in [3.63, 3.8) is 0 Å². The van der Waals surface area contributed by atoms with Crippen molar-refractivity contribution in [3.05, 3.63) is 30.0 Å². The van der Waals surface area contributed by atoms with Crippen LogP contribution in [0.3, 0.4) is 0 Å². The molecule has 0 amide bonds. The topological polar surface area (TPSA) is 98.3 Å². The minimum absolute atomic E-state index is 0.0150. The molecule has 9 heteroatoms. The van der Waals surface area contributed by atoms with E-state index in [1.165, 1.54) is 16.4 Å². The lowest BCUT2D eigenvalue weighted by Crippen LogP contribution is -2.38. The molecule has 2 aromatic rings. The lowest BCUT2D eigenvalue weighted by atomic mass is 10.4. The Morgan fingerprint density at radius 1 is 1.32 bits per heavy atom. The van der Waals surface area contributed by atoms with Crippen molar-refractivity contribution >= 4 is 16.3 Å². The van der Waals surface area contributed by atoms with Gasteiger partial charge in [0, 0.05) is 13.1 Å². The maximum absolute atomic E-state index is 12.3. The first kappa shape index (κ1) is 12.1. The second kappa shape index (κ2) is 4.28. The molecule has 0 radical (unpaired) electrons. The van der Waals surface area contributed by atoms with Gasteiger partial charge >= 0.3 is 0 Å². The SMILES string of the molecule is O=Cc1ccc(S(=O)(=O)N2CCn3cnnc3C2)o1. The quantitative estimate of drug-likeness (QED) is 0.728. The van der Waals surface area contributed by atoms with Crippen LogP contribution in [-0.2, 0) is 23.1 Å². The molecule has 0 spiro atoms. The Balaban J connectivity index is 1.91. The molecule has 0 bridgehead atoms. The van der Waals surface area contributed by atoms with Crippen molar-refractivity contribution in [1.82, 2.24) is 19.1 Å². The molecule has 2 aromatic heterocycles. The number of hydrogen-bond acceptors (Lipinski definition) is 6. The second-order valence-electron chi connectivity index (χ2n) is 4.05. The zero-order chi connectivity index (χ0) is 13.5. The Morgan fingerprint density at radius 2 is 2.16 bits per heavy atom. The summed E-state index contributed by atoms with van der Waals surface area (Å²) in [6, 6.07) is 2.60. The molecule has 100 valence electrons. The first-order valence-electron chi connectivity index (χ1n) is 5.53. The Hall–Kier alpha value is -2.00. The highest BCUT2D eigenvalue weighted by Gasteiger charge is 2.31. The summed E-state index contributed by atoms with van der Waals surface area (Å²) in [6.07, 6.45) is 2.03. The molecular weight excluding hydrogens is 272 g/mol. The Bertz CT molecular complexity index is 717. The fraction of sp³-hybridized carbons (Fsp3) is 0.300. The fourth-order valence-electron chi connectivity index (χ4n) is 1.91. The summed E-state index contributed by atoms with van der Waals surface area (Å²) >= 11 is 0. The number of aldehydes is 1. The van der Waals surface area contributed by atoms with Crippen molar-refractivity contribution in [2.75, 3.05) is 6.54 Å². The minimum atomic E-state index is -3.75. The zero-order valence-corrected chi connectivity index (χ0v) is 10.6. The lowest BCUT2D eigenvalue weighted by molar-refractivity contribution is 0.109. The third-order valence-corrected chi connectivity index (χ3v) is 4.64. The molecule has 0 saturated heterocycles. The molecule has 0 N–H and O–H groups in total. The molecule has 1 aliphatic rings. The number of nitrogens with zero attached hydrogens (tertiary/aromatic N) is 4. The summed E-state index contributed by atoms with van der Waals surface area (Å²) in [5, 5.41) is 7.35. The summed E-state index contributed by atoms with van der Waals surface area (Å²) < 4.78 is 32.6. The Kier molecular flexibility index (Phi) is 2.72. The third kappa shape index (κ3) is 1.96. The van der Waals surface area contributed by atoms with Crippen molar-refractivity contribution < 1.29 is 17.6 Å². The van der Waals surface area contributed by atoms with Crippen molar-refractivity contribution in [2.24, 2.45) is 0 Å². The van der Waals surface area contributed by atoms with E-state index in [9.17, 15) is 13.2 Å². The maximum atomic E-state index is 12.3. The van der Waals surface area contributed by atoms with Gasteiger partial charge < -0.3 is 8.98 Å². The van der Waals surface area contributed by atoms with Crippen LogP contribution in [0.2, 0.25) is 0 Å². The van der Waals surface area contributed by atoms with Gasteiger partial charge in [0.05, 0.1) is 6.54 Å². The number of sulfonamides is 1. The monoisotopic (exact) mass is 282 g/mol. The van der Waals surface area contributed by atoms with Gasteiger partial charge in [0.25, 0.3) is 10.0 Å². The summed E-state index contributed by atoms with van der Waals surface area (Å²) in [4.78, 5) is 10.5. The van der Waals surface area contributed by atoms with Crippen LogP contribution in [0.4, 0.5) is 0 Å². The first-order valence-corrected chi connectivity index (χ1v) is 6.97. The molecule has 8 nitrogen and oxygen atoms in total. The number of furan rings is 1. The largest absolute Gasteiger partial charge is 0.440 e. The van der Waals surface area contributed by atoms with Crippen LogP contribution in [0.1, 0.15) is 16.4 Å². The predicted octanol–water partition coefficient (Wildman–Crippen LogP) is -0.112. The number of fused-ring (bicyclic) bond motifs is 1. The van der Waals surface area contributed by atoms with Crippen LogP contribution in [0.5, 0.6) is 0 Å². The average Bonchev–Trinajstić information content (AvgIpc) is 3.06. The van der Waals surface area contributed by atoms with Gasteiger partial charge in [-0.15, -0.1) is 10.2 Å². The summed E-state index contributed by atoms with van der Waals surface area (Å²) in [5.74, 6) is 0.566. The molecule has 0 fully saturated rings. The minimum Gasteiger partial charge on any atom is -0.440 e. The average molecular weight is 282 g/mol. The summed E-state index contributed by atoms with van der Waals surface area (Å²) in [6.45, 7) is 0.937. The highest BCUT2D eigenvalue weighted by molar-refractivity contribution is 7.89. The number of hydrogen-bond donors (Lipinski definition) is 0. The van der Waals surface area contributed by atoms with E-state index < -0.39 is 10.0 Å². The van der Waals surface area contributed by atoms with Crippen LogP contribution in [0.15, 0.2) is 28.0 Å². The molecule has 3 heterocycles. The maximum Gasteiger partial charge on any atom is 0.276 e. The smallest absolute Gasteiger partial charge is 0.276 e. The van der Waals surface area contributed by atoms with E-state index in [4.69, 9.17) is 4.42 Å². The van der Waals surface area contributed by atoms with Crippen LogP contribution in [0, 0.1) is 0 Å². The second-order valence-corrected chi connectivity index (χ2v) is 5.92. The zero-order valence-electron chi connectivity index (χ0n) is 9.76. The van der Waals surface area contributed by atoms with Crippen LogP contribution in [-0.4, -0.2) is 40.3 Å². The normalized spacial score (nSPS) is 16.2. The van der Waals surface area contributed by atoms with Crippen LogP contribution >= 0.6 is 0 Å². The number of carbonyl (C=O) groups is 1. The van der Waals surface area contributed by atoms with Crippen molar-refractivity contribution in [3.8, 4) is 0 Å². The standard InChI is InChI=1S/C10H10N4O4S/c15-6-8-1-2-10(18-8)19(16,17)14-4-3-13-7-11-12-9(13)5-14/h1-2,6-7H,3-5H2. The molecule has 3 rings (SSSR count). The van der Waals surface area contributed by atoms with Gasteiger partial charge in [0.1, 0.15) is 12.2 Å². The lowest BCUT2D eigenvalue weighted by Gasteiger charge is -2.25. The molecule has 0 aromatic carbocycles. The fourth-order valence-corrected chi connectivity index (χ4v) is 3.22. The molecule has 0 saturated carbocycles. The van der Waals surface area contributed by atoms with Gasteiger partial charge in [-0.2, -0.15) is 4.31 Å². The van der Waals surface area contributed by atoms with E-state index in [2.05, 4.69) is 10.2 Å². The van der Waals surface area contributed by atoms with Crippen molar-refractivity contribution in [2.45, 2.75) is 18.2 Å². The number of carbonyl (C=O) groups excluding carboxylic acids is 1. The molecule has 0 atom stereocenters. The summed E-state index contributed by atoms with van der Waals surface area (Å²) in [7, 11) is -3.75. The molecular formula is C10H10N4O4S. The molecule has 0 aliphatic carbocycles. The van der Waals surface area contributed by atoms with E-state index in [-0.39, 0.29) is 17.4 Å². The van der Waals surface area contributed by atoms with E-state index >= 15 is 0 Å². The highest BCUT2D eigenvalue weighted by atomic mass is 32.2.